The van der Waals surface area contributed by atoms with Crippen molar-refractivity contribution in [3.63, 3.8) is 0 Å². The van der Waals surface area contributed by atoms with Crippen molar-refractivity contribution in [3.05, 3.63) is 11.8 Å². The molecule has 0 spiro atoms. The third-order valence-electron chi connectivity index (χ3n) is 0.933. The molecule has 0 aliphatic carbocycles. The molecule has 0 amide bonds. The van der Waals surface area contributed by atoms with E-state index >= 15 is 0 Å². The van der Waals surface area contributed by atoms with Crippen LogP contribution in [-0.2, 0) is 4.79 Å². The number of rotatable bonds is 0. The lowest BCUT2D eigenvalue weighted by molar-refractivity contribution is -0.114. The summed E-state index contributed by atoms with van der Waals surface area (Å²) in [4.78, 5) is 10.4. The van der Waals surface area contributed by atoms with Gasteiger partial charge in [-0.25, -0.2) is 0 Å². The maximum atomic E-state index is 10.4. The van der Waals surface area contributed by atoms with Gasteiger partial charge in [-0.1, -0.05) is 0 Å². The summed E-state index contributed by atoms with van der Waals surface area (Å²) in [6.45, 7) is 0.774. The molecule has 8 heavy (non-hydrogen) atoms. The number of hydrogen-bond donors (Lipinski definition) is 2. The lowest BCUT2D eigenvalue weighted by Gasteiger charge is -2.06. The Morgan fingerprint density at radius 2 is 2.38 bits per heavy atom. The molecule has 44 valence electrons. The third-order valence-corrected chi connectivity index (χ3v) is 0.933. The molecular formula is C5H7NO2. The molecule has 1 rings (SSSR count). The highest BCUT2D eigenvalue weighted by molar-refractivity contribution is 5.92. The van der Waals surface area contributed by atoms with Crippen molar-refractivity contribution in [2.24, 2.45) is 0 Å². The summed E-state index contributed by atoms with van der Waals surface area (Å²) < 4.78 is 0. The highest BCUT2D eigenvalue weighted by Gasteiger charge is 2.05. The average Bonchev–Trinajstić information content (AvgIpc) is 1.64. The van der Waals surface area contributed by atoms with Crippen molar-refractivity contribution in [1.29, 1.82) is 0 Å². The van der Waals surface area contributed by atoms with Gasteiger partial charge in [0.1, 0.15) is 5.76 Å². The molecule has 0 aromatic heterocycles. The summed E-state index contributed by atoms with van der Waals surface area (Å²) in [7, 11) is 0. The highest BCUT2D eigenvalue weighted by Crippen LogP contribution is 1.90. The van der Waals surface area contributed by atoms with E-state index in [0.29, 0.717) is 13.1 Å². The van der Waals surface area contributed by atoms with Gasteiger partial charge in [0.15, 0.2) is 5.78 Å². The summed E-state index contributed by atoms with van der Waals surface area (Å²) in [5, 5.41) is 11.4. The molecule has 0 saturated heterocycles. The Morgan fingerprint density at radius 3 is 2.75 bits per heavy atom. The van der Waals surface area contributed by atoms with Crippen LogP contribution < -0.4 is 5.32 Å². The van der Waals surface area contributed by atoms with Crippen LogP contribution in [0.25, 0.3) is 0 Å². The summed E-state index contributed by atoms with van der Waals surface area (Å²) >= 11 is 0. The van der Waals surface area contributed by atoms with Gasteiger partial charge in [0, 0.05) is 6.08 Å². The summed E-state index contributed by atoms with van der Waals surface area (Å²) in [6.07, 6.45) is 1.25. The van der Waals surface area contributed by atoms with Gasteiger partial charge in [0.2, 0.25) is 0 Å². The lowest BCUT2D eigenvalue weighted by atomic mass is 10.2. The summed E-state index contributed by atoms with van der Waals surface area (Å²) in [5.74, 6) is 0.0648. The van der Waals surface area contributed by atoms with E-state index in [-0.39, 0.29) is 11.5 Å². The zero-order valence-electron chi connectivity index (χ0n) is 4.35. The number of nitrogens with one attached hydrogen (secondary N) is 1. The minimum Gasteiger partial charge on any atom is -0.511 e. The first-order valence-electron chi connectivity index (χ1n) is 2.42. The van der Waals surface area contributed by atoms with E-state index in [2.05, 4.69) is 5.32 Å². The molecule has 2 N–H and O–H groups in total. The number of ketones is 1. The second-order valence-corrected chi connectivity index (χ2v) is 1.71. The molecule has 3 heteroatoms. The predicted molar refractivity (Wildman–Crippen MR) is 28.6 cm³/mol. The molecule has 0 radical (unpaired) electrons. The van der Waals surface area contributed by atoms with Gasteiger partial charge in [-0.15, -0.1) is 0 Å². The van der Waals surface area contributed by atoms with E-state index in [0.717, 1.165) is 0 Å². The van der Waals surface area contributed by atoms with Crippen LogP contribution in [0.15, 0.2) is 11.8 Å². The SMILES string of the molecule is O=C1C=C(O)CNC1. The molecule has 0 unspecified atom stereocenters. The Morgan fingerprint density at radius 1 is 1.62 bits per heavy atom. The van der Waals surface area contributed by atoms with E-state index in [1.807, 2.05) is 0 Å². The second-order valence-electron chi connectivity index (χ2n) is 1.71. The molecule has 0 atom stereocenters. The zero-order valence-corrected chi connectivity index (χ0v) is 4.35. The highest BCUT2D eigenvalue weighted by atomic mass is 16.3. The molecule has 1 aliphatic heterocycles. The van der Waals surface area contributed by atoms with E-state index in [1.165, 1.54) is 6.08 Å². The maximum Gasteiger partial charge on any atom is 0.172 e. The lowest BCUT2D eigenvalue weighted by Crippen LogP contribution is -2.28. The second kappa shape index (κ2) is 1.96. The summed E-state index contributed by atoms with van der Waals surface area (Å²) in [6, 6.07) is 0. The fourth-order valence-corrected chi connectivity index (χ4v) is 0.602. The Labute approximate surface area is 47.0 Å². The first-order chi connectivity index (χ1) is 3.79. The maximum absolute atomic E-state index is 10.4. The molecule has 0 aromatic rings. The predicted octanol–water partition coefficient (Wildman–Crippen LogP) is -0.399. The molecular weight excluding hydrogens is 106 g/mol. The Balaban J connectivity index is 2.64. The number of carbonyl (C=O) groups excluding carboxylic acids is 1. The van der Waals surface area contributed by atoms with Crippen LogP contribution >= 0.6 is 0 Å². The summed E-state index contributed by atoms with van der Waals surface area (Å²) in [5.41, 5.74) is 0. The van der Waals surface area contributed by atoms with Crippen LogP contribution in [0.2, 0.25) is 0 Å². The van der Waals surface area contributed by atoms with Crippen molar-refractivity contribution in [1.82, 2.24) is 5.32 Å². The number of aliphatic hydroxyl groups excluding tert-OH is 1. The third kappa shape index (κ3) is 1.07. The van der Waals surface area contributed by atoms with Gasteiger partial charge in [-0.05, 0) is 0 Å². The first-order valence-corrected chi connectivity index (χ1v) is 2.42. The number of aliphatic hydroxyl groups is 1. The monoisotopic (exact) mass is 113 g/mol. The van der Waals surface area contributed by atoms with Crippen molar-refractivity contribution in [2.75, 3.05) is 13.1 Å². The Kier molecular flexibility index (Phi) is 1.30. The largest absolute Gasteiger partial charge is 0.511 e. The van der Waals surface area contributed by atoms with Gasteiger partial charge in [-0.2, -0.15) is 0 Å². The molecule has 3 nitrogen and oxygen atoms in total. The van der Waals surface area contributed by atoms with E-state index in [9.17, 15) is 4.79 Å². The van der Waals surface area contributed by atoms with Crippen molar-refractivity contribution in [2.45, 2.75) is 0 Å². The Hall–Kier alpha value is -0.830. The van der Waals surface area contributed by atoms with Crippen LogP contribution in [0.3, 0.4) is 0 Å². The number of hydrogen-bond acceptors (Lipinski definition) is 3. The Bertz CT molecular complexity index is 139. The zero-order chi connectivity index (χ0) is 5.98. The van der Waals surface area contributed by atoms with E-state index < -0.39 is 0 Å². The average molecular weight is 113 g/mol. The minimum absolute atomic E-state index is 0.0613. The molecule has 0 bridgehead atoms. The van der Waals surface area contributed by atoms with Crippen molar-refractivity contribution < 1.29 is 9.90 Å². The van der Waals surface area contributed by atoms with Gasteiger partial charge in [0.25, 0.3) is 0 Å². The van der Waals surface area contributed by atoms with Gasteiger partial charge in [0.05, 0.1) is 13.1 Å². The molecule has 0 fully saturated rings. The van der Waals surface area contributed by atoms with Crippen molar-refractivity contribution >= 4 is 5.78 Å². The van der Waals surface area contributed by atoms with Crippen LogP contribution in [0.1, 0.15) is 0 Å². The molecule has 0 aromatic carbocycles. The molecule has 0 saturated carbocycles. The van der Waals surface area contributed by atoms with Gasteiger partial charge >= 0.3 is 0 Å². The fourth-order valence-electron chi connectivity index (χ4n) is 0.602. The number of carbonyl (C=O) groups is 1. The van der Waals surface area contributed by atoms with Crippen LogP contribution in [-0.4, -0.2) is 24.0 Å². The molecule has 1 heterocycles. The quantitative estimate of drug-likeness (QED) is 0.449. The minimum atomic E-state index is -0.0613. The standard InChI is InChI=1S/C5H7NO2/c7-4-1-5(8)3-6-2-4/h1,6-7H,2-3H2. The smallest absolute Gasteiger partial charge is 0.172 e. The van der Waals surface area contributed by atoms with Crippen molar-refractivity contribution in [3.8, 4) is 0 Å². The fraction of sp³-hybridized carbons (Fsp3) is 0.400. The van der Waals surface area contributed by atoms with Gasteiger partial charge in [-0.3, -0.25) is 4.79 Å². The molecule has 1 aliphatic rings. The van der Waals surface area contributed by atoms with Gasteiger partial charge < -0.3 is 10.4 Å². The topological polar surface area (TPSA) is 49.3 Å². The van der Waals surface area contributed by atoms with E-state index in [1.54, 1.807) is 0 Å². The normalized spacial score (nSPS) is 20.5. The van der Waals surface area contributed by atoms with Crippen LogP contribution in [0.4, 0.5) is 0 Å². The van der Waals surface area contributed by atoms with Crippen LogP contribution in [0, 0.1) is 0 Å². The van der Waals surface area contributed by atoms with E-state index in [4.69, 9.17) is 5.11 Å². The van der Waals surface area contributed by atoms with Crippen LogP contribution in [0.5, 0.6) is 0 Å². The first kappa shape index (κ1) is 5.31.